The molecule has 2 fully saturated rings. The smallest absolute Gasteiger partial charge is 0.348 e. The minimum absolute atomic E-state index is 0.0955. The van der Waals surface area contributed by atoms with Crippen molar-refractivity contribution in [1.29, 1.82) is 0 Å². The molecular weight excluding hydrogens is 354 g/mol. The normalized spacial score (nSPS) is 25.6. The fourth-order valence-corrected chi connectivity index (χ4v) is 4.97. The monoisotopic (exact) mass is 389 g/mol. The lowest BCUT2D eigenvalue weighted by molar-refractivity contribution is -0.123. The van der Waals surface area contributed by atoms with Gasteiger partial charge in [0.1, 0.15) is 0 Å². The first kappa shape index (κ1) is 20.9. The SMILES string of the molecule is CCC1CC(CC)CC(CNC(=O)COc2cc(C3CCCC3)[nH]c(=O)n2)C1. The standard InChI is InChI=1S/C22H35N3O3/c1-3-15-9-16(4-2)11-17(10-15)13-23-20(26)14-28-21-12-19(24-22(27)25-21)18-7-5-6-8-18/h12,15-18H,3-11,13-14H2,1-2H3,(H,23,26)(H,24,25,27). The minimum Gasteiger partial charge on any atom is -0.467 e. The molecule has 28 heavy (non-hydrogen) atoms. The summed E-state index contributed by atoms with van der Waals surface area (Å²) in [7, 11) is 0. The van der Waals surface area contributed by atoms with E-state index in [-0.39, 0.29) is 18.4 Å². The second kappa shape index (κ2) is 10.1. The number of carbonyl (C=O) groups is 1. The lowest BCUT2D eigenvalue weighted by atomic mass is 9.73. The Balaban J connectivity index is 1.47. The summed E-state index contributed by atoms with van der Waals surface area (Å²) < 4.78 is 5.53. The van der Waals surface area contributed by atoms with Crippen molar-refractivity contribution in [2.45, 2.75) is 77.6 Å². The number of amides is 1. The number of nitrogens with one attached hydrogen (secondary N) is 2. The van der Waals surface area contributed by atoms with Crippen molar-refractivity contribution in [2.75, 3.05) is 13.2 Å². The maximum absolute atomic E-state index is 12.2. The number of rotatable bonds is 8. The summed E-state index contributed by atoms with van der Waals surface area (Å²) in [5.41, 5.74) is 0.476. The van der Waals surface area contributed by atoms with Crippen LogP contribution in [0.1, 0.15) is 83.2 Å². The van der Waals surface area contributed by atoms with Gasteiger partial charge < -0.3 is 15.0 Å². The van der Waals surface area contributed by atoms with E-state index in [0.29, 0.717) is 18.4 Å². The van der Waals surface area contributed by atoms with Crippen molar-refractivity contribution in [1.82, 2.24) is 15.3 Å². The molecule has 6 nitrogen and oxygen atoms in total. The van der Waals surface area contributed by atoms with E-state index < -0.39 is 5.69 Å². The van der Waals surface area contributed by atoms with Gasteiger partial charge in [0.25, 0.3) is 5.91 Å². The predicted octanol–water partition coefficient (Wildman–Crippen LogP) is 3.78. The molecule has 0 radical (unpaired) electrons. The lowest BCUT2D eigenvalue weighted by Crippen LogP contribution is -2.36. The van der Waals surface area contributed by atoms with Crippen molar-refractivity contribution in [3.63, 3.8) is 0 Å². The Hall–Kier alpha value is -1.85. The fraction of sp³-hybridized carbons (Fsp3) is 0.773. The number of aromatic nitrogens is 2. The second-order valence-electron chi connectivity index (χ2n) is 8.68. The van der Waals surface area contributed by atoms with Crippen molar-refractivity contribution in [3.05, 3.63) is 22.2 Å². The number of carbonyl (C=O) groups excluding carboxylic acids is 1. The molecule has 6 heteroatoms. The fourth-order valence-electron chi connectivity index (χ4n) is 4.97. The summed E-state index contributed by atoms with van der Waals surface area (Å²) in [5.74, 6) is 2.60. The van der Waals surface area contributed by atoms with E-state index in [1.165, 1.54) is 44.9 Å². The number of nitrogens with zero attached hydrogens (tertiary/aromatic N) is 1. The second-order valence-corrected chi connectivity index (χ2v) is 8.68. The van der Waals surface area contributed by atoms with E-state index in [1.54, 1.807) is 6.07 Å². The Morgan fingerprint density at radius 2 is 1.79 bits per heavy atom. The first-order valence-corrected chi connectivity index (χ1v) is 11.1. The topological polar surface area (TPSA) is 84.1 Å². The van der Waals surface area contributed by atoms with E-state index in [1.807, 2.05) is 0 Å². The Bertz CT molecular complexity index is 685. The van der Waals surface area contributed by atoms with Gasteiger partial charge in [0.15, 0.2) is 6.61 Å². The summed E-state index contributed by atoms with van der Waals surface area (Å²) >= 11 is 0. The average Bonchev–Trinajstić information content (AvgIpc) is 3.25. The van der Waals surface area contributed by atoms with Crippen LogP contribution in [0.3, 0.4) is 0 Å². The highest BCUT2D eigenvalue weighted by Gasteiger charge is 2.27. The summed E-state index contributed by atoms with van der Waals surface area (Å²) in [5, 5.41) is 3.02. The van der Waals surface area contributed by atoms with Crippen molar-refractivity contribution in [3.8, 4) is 5.88 Å². The molecule has 1 heterocycles. The first-order valence-electron chi connectivity index (χ1n) is 11.1. The molecular formula is C22H35N3O3. The lowest BCUT2D eigenvalue weighted by Gasteiger charge is -2.34. The maximum atomic E-state index is 12.2. The summed E-state index contributed by atoms with van der Waals surface area (Å²) in [4.78, 5) is 30.7. The summed E-state index contributed by atoms with van der Waals surface area (Å²) in [6.07, 6.45) is 10.7. The molecule has 2 aliphatic rings. The molecule has 0 aromatic carbocycles. The van der Waals surface area contributed by atoms with Crippen LogP contribution in [0.5, 0.6) is 5.88 Å². The largest absolute Gasteiger partial charge is 0.467 e. The number of hydrogen-bond acceptors (Lipinski definition) is 4. The van der Waals surface area contributed by atoms with Gasteiger partial charge in [-0.3, -0.25) is 4.79 Å². The maximum Gasteiger partial charge on any atom is 0.348 e. The van der Waals surface area contributed by atoms with Gasteiger partial charge in [-0.25, -0.2) is 4.79 Å². The predicted molar refractivity (Wildman–Crippen MR) is 109 cm³/mol. The number of ether oxygens (including phenoxy) is 1. The van der Waals surface area contributed by atoms with Crippen molar-refractivity contribution < 1.29 is 9.53 Å². The van der Waals surface area contributed by atoms with Gasteiger partial charge in [0.05, 0.1) is 0 Å². The number of H-pyrrole nitrogens is 1. The molecule has 3 rings (SSSR count). The molecule has 0 spiro atoms. The Kier molecular flexibility index (Phi) is 7.51. The van der Waals surface area contributed by atoms with E-state index >= 15 is 0 Å². The minimum atomic E-state index is -0.404. The van der Waals surface area contributed by atoms with Crippen LogP contribution in [0.2, 0.25) is 0 Å². The number of hydrogen-bond donors (Lipinski definition) is 2. The molecule has 1 amide bonds. The Morgan fingerprint density at radius 1 is 1.14 bits per heavy atom. The first-order chi connectivity index (χ1) is 13.6. The van der Waals surface area contributed by atoms with E-state index in [2.05, 4.69) is 29.1 Å². The molecule has 0 saturated heterocycles. The molecule has 2 atom stereocenters. The zero-order valence-corrected chi connectivity index (χ0v) is 17.3. The van der Waals surface area contributed by atoms with Crippen LogP contribution in [-0.4, -0.2) is 29.0 Å². The van der Waals surface area contributed by atoms with Crippen LogP contribution in [0, 0.1) is 17.8 Å². The van der Waals surface area contributed by atoms with Gasteiger partial charge in [-0.2, -0.15) is 4.98 Å². The quantitative estimate of drug-likeness (QED) is 0.709. The van der Waals surface area contributed by atoms with Crippen molar-refractivity contribution in [2.24, 2.45) is 17.8 Å². The van der Waals surface area contributed by atoms with Crippen LogP contribution < -0.4 is 15.7 Å². The van der Waals surface area contributed by atoms with Gasteiger partial charge >= 0.3 is 5.69 Å². The van der Waals surface area contributed by atoms with Gasteiger partial charge in [-0.15, -0.1) is 0 Å². The molecule has 0 aliphatic heterocycles. The Morgan fingerprint density at radius 3 is 2.43 bits per heavy atom. The molecule has 2 saturated carbocycles. The average molecular weight is 390 g/mol. The zero-order chi connectivity index (χ0) is 19.9. The van der Waals surface area contributed by atoms with Gasteiger partial charge in [0, 0.05) is 18.3 Å². The van der Waals surface area contributed by atoms with Gasteiger partial charge in [0.2, 0.25) is 5.88 Å². The zero-order valence-electron chi connectivity index (χ0n) is 17.3. The third-order valence-corrected chi connectivity index (χ3v) is 6.63. The van der Waals surface area contributed by atoms with Crippen LogP contribution in [0.15, 0.2) is 10.9 Å². The Labute approximate surface area is 167 Å². The van der Waals surface area contributed by atoms with Crippen LogP contribution in [0.25, 0.3) is 0 Å². The molecule has 156 valence electrons. The van der Waals surface area contributed by atoms with Crippen molar-refractivity contribution >= 4 is 5.91 Å². The molecule has 2 unspecified atom stereocenters. The number of aromatic amines is 1. The molecule has 0 bridgehead atoms. The van der Waals surface area contributed by atoms with E-state index in [4.69, 9.17) is 4.74 Å². The highest BCUT2D eigenvalue weighted by Crippen LogP contribution is 2.36. The van der Waals surface area contributed by atoms with Crippen LogP contribution in [-0.2, 0) is 4.79 Å². The van der Waals surface area contributed by atoms with Gasteiger partial charge in [-0.05, 0) is 55.8 Å². The third-order valence-electron chi connectivity index (χ3n) is 6.63. The highest BCUT2D eigenvalue weighted by atomic mass is 16.5. The third kappa shape index (κ3) is 5.82. The highest BCUT2D eigenvalue weighted by molar-refractivity contribution is 5.77. The van der Waals surface area contributed by atoms with E-state index in [9.17, 15) is 9.59 Å². The van der Waals surface area contributed by atoms with Gasteiger partial charge in [-0.1, -0.05) is 39.5 Å². The molecule has 2 aliphatic carbocycles. The van der Waals surface area contributed by atoms with E-state index in [0.717, 1.165) is 30.4 Å². The molecule has 2 N–H and O–H groups in total. The van der Waals surface area contributed by atoms with Crippen LogP contribution in [0.4, 0.5) is 0 Å². The van der Waals surface area contributed by atoms with Crippen LogP contribution >= 0.6 is 0 Å². The summed E-state index contributed by atoms with van der Waals surface area (Å²) in [6.45, 7) is 5.15. The molecule has 1 aromatic rings. The summed E-state index contributed by atoms with van der Waals surface area (Å²) in [6, 6.07) is 1.78. The molecule has 1 aromatic heterocycles.